The molecule has 5 heteroatoms. The van der Waals surface area contributed by atoms with Crippen molar-refractivity contribution in [2.24, 2.45) is 5.10 Å². The minimum Gasteiger partial charge on any atom is -0.465 e. The number of nitrogens with one attached hydrogen (secondary N) is 1. The first-order valence-electron chi connectivity index (χ1n) is 4.65. The van der Waals surface area contributed by atoms with Crippen LogP contribution in [0.3, 0.4) is 0 Å². The second-order valence-electron chi connectivity index (χ2n) is 2.65. The zero-order valence-electron chi connectivity index (χ0n) is 8.51. The Labute approximate surface area is 88.2 Å². The average Bonchev–Trinajstić information content (AvgIpc) is 2.26. The summed E-state index contributed by atoms with van der Waals surface area (Å²) >= 11 is 0. The number of hydrazone groups is 1. The first kappa shape index (κ1) is 11.2. The maximum atomic E-state index is 10.9. The molecule has 1 aromatic rings. The Bertz CT molecular complexity index is 325. The highest BCUT2D eigenvalue weighted by Gasteiger charge is 1.97. The largest absolute Gasteiger partial charge is 0.465 e. The van der Waals surface area contributed by atoms with E-state index in [4.69, 9.17) is 4.74 Å². The molecule has 0 saturated heterocycles. The van der Waals surface area contributed by atoms with Gasteiger partial charge in [0.05, 0.1) is 18.5 Å². The quantitative estimate of drug-likeness (QED) is 0.435. The highest BCUT2D eigenvalue weighted by atomic mass is 16.5. The van der Waals surface area contributed by atoms with Gasteiger partial charge in [-0.25, -0.2) is 0 Å². The Kier molecular flexibility index (Phi) is 4.86. The van der Waals surface area contributed by atoms with Gasteiger partial charge in [-0.05, 0) is 19.1 Å². The number of hydrogen-bond donors (Lipinski definition) is 1. The van der Waals surface area contributed by atoms with Gasteiger partial charge in [0, 0.05) is 6.20 Å². The van der Waals surface area contributed by atoms with E-state index in [1.807, 2.05) is 18.2 Å². The fraction of sp³-hybridized carbons (Fsp3) is 0.300. The van der Waals surface area contributed by atoms with Gasteiger partial charge >= 0.3 is 5.97 Å². The minimum absolute atomic E-state index is 0.0666. The van der Waals surface area contributed by atoms with Crippen LogP contribution in [-0.4, -0.2) is 30.3 Å². The summed E-state index contributed by atoms with van der Waals surface area (Å²) in [5.41, 5.74) is 3.30. The van der Waals surface area contributed by atoms with Crippen molar-refractivity contribution in [3.05, 3.63) is 30.1 Å². The maximum absolute atomic E-state index is 10.9. The molecule has 0 bridgehead atoms. The van der Waals surface area contributed by atoms with Crippen LogP contribution in [0, 0.1) is 0 Å². The Morgan fingerprint density at radius 3 is 3.20 bits per heavy atom. The molecule has 1 heterocycles. The predicted octanol–water partition coefficient (Wildman–Crippen LogP) is 0.568. The molecule has 0 amide bonds. The molecular weight excluding hydrogens is 194 g/mol. The van der Waals surface area contributed by atoms with Crippen LogP contribution in [0.25, 0.3) is 0 Å². The first-order valence-corrected chi connectivity index (χ1v) is 4.65. The van der Waals surface area contributed by atoms with Crippen molar-refractivity contribution in [2.45, 2.75) is 6.92 Å². The van der Waals surface area contributed by atoms with Crippen molar-refractivity contribution in [3.63, 3.8) is 0 Å². The Morgan fingerprint density at radius 2 is 2.53 bits per heavy atom. The van der Waals surface area contributed by atoms with Crippen molar-refractivity contribution in [1.29, 1.82) is 0 Å². The highest BCUT2D eigenvalue weighted by Crippen LogP contribution is 1.87. The van der Waals surface area contributed by atoms with E-state index in [1.165, 1.54) is 0 Å². The van der Waals surface area contributed by atoms with E-state index in [-0.39, 0.29) is 12.5 Å². The molecule has 1 rings (SSSR count). The summed E-state index contributed by atoms with van der Waals surface area (Å²) in [6.45, 7) is 2.21. The summed E-state index contributed by atoms with van der Waals surface area (Å²) in [5, 5.41) is 3.83. The molecule has 5 nitrogen and oxygen atoms in total. The van der Waals surface area contributed by atoms with Crippen LogP contribution < -0.4 is 5.43 Å². The summed E-state index contributed by atoms with van der Waals surface area (Å²) in [7, 11) is 0. The van der Waals surface area contributed by atoms with Gasteiger partial charge in [-0.2, -0.15) is 5.10 Å². The lowest BCUT2D eigenvalue weighted by molar-refractivity contribution is -0.141. The average molecular weight is 207 g/mol. The molecule has 0 saturated carbocycles. The van der Waals surface area contributed by atoms with Gasteiger partial charge in [0.25, 0.3) is 0 Å². The molecule has 0 radical (unpaired) electrons. The summed E-state index contributed by atoms with van der Waals surface area (Å²) in [4.78, 5) is 14.9. The van der Waals surface area contributed by atoms with Crippen LogP contribution in [0.4, 0.5) is 0 Å². The molecule has 80 valence electrons. The van der Waals surface area contributed by atoms with Crippen LogP contribution in [0.5, 0.6) is 0 Å². The molecule has 0 aliphatic rings. The van der Waals surface area contributed by atoms with E-state index in [9.17, 15) is 4.79 Å². The molecule has 1 N–H and O–H groups in total. The van der Waals surface area contributed by atoms with Gasteiger partial charge in [0.15, 0.2) is 0 Å². The summed E-state index contributed by atoms with van der Waals surface area (Å²) in [6.07, 6.45) is 3.21. The van der Waals surface area contributed by atoms with Gasteiger partial charge in [-0.3, -0.25) is 15.2 Å². The summed E-state index contributed by atoms with van der Waals surface area (Å²) in [6, 6.07) is 5.50. The van der Waals surface area contributed by atoms with Gasteiger partial charge < -0.3 is 4.74 Å². The van der Waals surface area contributed by atoms with Crippen molar-refractivity contribution in [1.82, 2.24) is 10.4 Å². The van der Waals surface area contributed by atoms with Gasteiger partial charge in [-0.1, -0.05) is 6.07 Å². The van der Waals surface area contributed by atoms with Crippen LogP contribution >= 0.6 is 0 Å². The van der Waals surface area contributed by atoms with E-state index in [0.29, 0.717) is 6.61 Å². The van der Waals surface area contributed by atoms with Gasteiger partial charge in [-0.15, -0.1) is 0 Å². The van der Waals surface area contributed by atoms with Crippen molar-refractivity contribution >= 4 is 12.2 Å². The maximum Gasteiger partial charge on any atom is 0.327 e. The van der Waals surface area contributed by atoms with Crippen LogP contribution in [0.2, 0.25) is 0 Å². The second-order valence-corrected chi connectivity index (χ2v) is 2.65. The van der Waals surface area contributed by atoms with E-state index >= 15 is 0 Å². The molecule has 0 aromatic carbocycles. The molecule has 0 unspecified atom stereocenters. The minimum atomic E-state index is -0.323. The first-order chi connectivity index (χ1) is 7.33. The van der Waals surface area contributed by atoms with Crippen LogP contribution in [0.15, 0.2) is 29.5 Å². The van der Waals surface area contributed by atoms with Crippen LogP contribution in [0.1, 0.15) is 12.6 Å². The lowest BCUT2D eigenvalue weighted by Crippen LogP contribution is -2.20. The third-order valence-electron chi connectivity index (χ3n) is 1.50. The Hall–Kier alpha value is -1.91. The highest BCUT2D eigenvalue weighted by molar-refractivity contribution is 5.77. The standard InChI is InChI=1S/C10H13N3O2/c1-2-15-10(14)8-13-12-7-9-5-3-4-6-11-9/h3-7,13H,2,8H2,1H3/b12-7+. The smallest absolute Gasteiger partial charge is 0.327 e. The van der Waals surface area contributed by atoms with Gasteiger partial charge in [0.2, 0.25) is 0 Å². The van der Waals surface area contributed by atoms with E-state index < -0.39 is 0 Å². The summed E-state index contributed by atoms with van der Waals surface area (Å²) in [5.74, 6) is -0.323. The van der Waals surface area contributed by atoms with Crippen molar-refractivity contribution in [2.75, 3.05) is 13.2 Å². The molecular formula is C10H13N3O2. The lowest BCUT2D eigenvalue weighted by Gasteiger charge is -1.99. The number of aromatic nitrogens is 1. The third kappa shape index (κ3) is 4.75. The monoisotopic (exact) mass is 207 g/mol. The number of esters is 1. The van der Waals surface area contributed by atoms with Crippen LogP contribution in [-0.2, 0) is 9.53 Å². The molecule has 0 atom stereocenters. The number of pyridine rings is 1. The van der Waals surface area contributed by atoms with Gasteiger partial charge in [0.1, 0.15) is 6.54 Å². The third-order valence-corrected chi connectivity index (χ3v) is 1.50. The van der Waals surface area contributed by atoms with Crippen molar-refractivity contribution < 1.29 is 9.53 Å². The second kappa shape index (κ2) is 6.53. The molecule has 0 aliphatic heterocycles. The fourth-order valence-corrected chi connectivity index (χ4v) is 0.886. The Morgan fingerprint density at radius 1 is 1.67 bits per heavy atom. The molecule has 0 spiro atoms. The molecule has 0 fully saturated rings. The van der Waals surface area contributed by atoms with E-state index in [1.54, 1.807) is 19.3 Å². The number of rotatable bonds is 5. The Balaban J connectivity index is 2.26. The lowest BCUT2D eigenvalue weighted by atomic mass is 10.4. The molecule has 0 aliphatic carbocycles. The number of carbonyl (C=O) groups excluding carboxylic acids is 1. The molecule has 1 aromatic heterocycles. The number of hydrogen-bond acceptors (Lipinski definition) is 5. The molecule has 15 heavy (non-hydrogen) atoms. The predicted molar refractivity (Wildman–Crippen MR) is 56.5 cm³/mol. The van der Waals surface area contributed by atoms with E-state index in [0.717, 1.165) is 5.69 Å². The van der Waals surface area contributed by atoms with E-state index in [2.05, 4.69) is 15.5 Å². The SMILES string of the molecule is CCOC(=O)CN/N=C/c1ccccn1. The topological polar surface area (TPSA) is 63.6 Å². The number of carbonyl (C=O) groups is 1. The zero-order chi connectivity index (χ0) is 10.9. The fourth-order valence-electron chi connectivity index (χ4n) is 0.886. The normalized spacial score (nSPS) is 10.2. The number of nitrogens with zero attached hydrogens (tertiary/aromatic N) is 2. The zero-order valence-corrected chi connectivity index (χ0v) is 8.51. The number of ether oxygens (including phenoxy) is 1. The van der Waals surface area contributed by atoms with Crippen molar-refractivity contribution in [3.8, 4) is 0 Å². The summed E-state index contributed by atoms with van der Waals surface area (Å²) < 4.78 is 4.70.